The number of anilines is 1. The van der Waals surface area contributed by atoms with Gasteiger partial charge in [-0.2, -0.15) is 0 Å². The van der Waals surface area contributed by atoms with Crippen LogP contribution in [0, 0.1) is 6.92 Å². The molecular formula is C12H14N2O. The van der Waals surface area contributed by atoms with Crippen molar-refractivity contribution in [1.82, 2.24) is 0 Å². The molecule has 0 saturated heterocycles. The Hall–Kier alpha value is -1.64. The Morgan fingerprint density at radius 1 is 1.33 bits per heavy atom. The van der Waals surface area contributed by atoms with Gasteiger partial charge in [-0.05, 0) is 32.9 Å². The Labute approximate surface area is 89.2 Å². The maximum Gasteiger partial charge on any atom is 0.274 e. The summed E-state index contributed by atoms with van der Waals surface area (Å²) in [6.45, 7) is 5.94. The minimum absolute atomic E-state index is 0.0932. The summed E-state index contributed by atoms with van der Waals surface area (Å²) in [6, 6.07) is 6.04. The number of nitrogens with zero attached hydrogens (tertiary/aromatic N) is 1. The van der Waals surface area contributed by atoms with Crippen LogP contribution in [0.25, 0.3) is 0 Å². The molecule has 1 N–H and O–H groups in total. The smallest absolute Gasteiger partial charge is 0.274 e. The molecule has 0 bridgehead atoms. The molecule has 3 heteroatoms. The number of amides is 1. The fourth-order valence-corrected chi connectivity index (χ4v) is 1.65. The van der Waals surface area contributed by atoms with Crippen LogP contribution >= 0.6 is 0 Å². The fraction of sp³-hybridized carbons (Fsp3) is 0.333. The third-order valence-corrected chi connectivity index (χ3v) is 2.28. The maximum atomic E-state index is 11.6. The number of nitrogens with one attached hydrogen (secondary N) is 1. The molecule has 1 aromatic rings. The zero-order valence-corrected chi connectivity index (χ0v) is 9.16. The van der Waals surface area contributed by atoms with Crippen LogP contribution in [0.5, 0.6) is 0 Å². The summed E-state index contributed by atoms with van der Waals surface area (Å²) in [4.78, 5) is 16.0. The molecule has 0 saturated carbocycles. The van der Waals surface area contributed by atoms with Crippen molar-refractivity contribution in [2.45, 2.75) is 26.8 Å². The summed E-state index contributed by atoms with van der Waals surface area (Å²) < 4.78 is 0. The first-order valence-corrected chi connectivity index (χ1v) is 5.08. The highest BCUT2D eigenvalue weighted by atomic mass is 16.2. The van der Waals surface area contributed by atoms with Crippen molar-refractivity contribution in [1.29, 1.82) is 0 Å². The number of carbonyl (C=O) groups is 1. The van der Waals surface area contributed by atoms with E-state index in [2.05, 4.69) is 10.3 Å². The van der Waals surface area contributed by atoms with Gasteiger partial charge in [-0.15, -0.1) is 0 Å². The van der Waals surface area contributed by atoms with Crippen molar-refractivity contribution < 1.29 is 4.79 Å². The molecule has 1 amide bonds. The van der Waals surface area contributed by atoms with Gasteiger partial charge in [0.25, 0.3) is 5.91 Å². The van der Waals surface area contributed by atoms with Crippen LogP contribution in [0.1, 0.15) is 25.0 Å². The molecule has 1 aromatic carbocycles. The first-order valence-electron chi connectivity index (χ1n) is 5.08. The molecule has 0 atom stereocenters. The van der Waals surface area contributed by atoms with Crippen molar-refractivity contribution in [2.75, 3.05) is 5.32 Å². The Balaban J connectivity index is 2.53. The average Bonchev–Trinajstić information content (AvgIpc) is 2.43. The number of hydrogen-bond donors (Lipinski definition) is 1. The average molecular weight is 202 g/mol. The van der Waals surface area contributed by atoms with Gasteiger partial charge >= 0.3 is 0 Å². The van der Waals surface area contributed by atoms with Crippen LogP contribution < -0.4 is 5.32 Å². The van der Waals surface area contributed by atoms with Crippen LogP contribution in [0.3, 0.4) is 0 Å². The molecular weight excluding hydrogens is 188 g/mol. The Kier molecular flexibility index (Phi) is 2.31. The van der Waals surface area contributed by atoms with Gasteiger partial charge in [0.2, 0.25) is 0 Å². The highest BCUT2D eigenvalue weighted by Crippen LogP contribution is 2.24. The van der Waals surface area contributed by atoms with Gasteiger partial charge in [-0.25, -0.2) is 0 Å². The van der Waals surface area contributed by atoms with E-state index in [0.29, 0.717) is 5.71 Å². The van der Waals surface area contributed by atoms with Crippen molar-refractivity contribution in [3.63, 3.8) is 0 Å². The molecule has 0 radical (unpaired) electrons. The molecule has 0 spiro atoms. The molecule has 0 aliphatic carbocycles. The second kappa shape index (κ2) is 3.50. The highest BCUT2D eigenvalue weighted by molar-refractivity contribution is 6.53. The predicted molar refractivity (Wildman–Crippen MR) is 61.5 cm³/mol. The maximum absolute atomic E-state index is 11.6. The van der Waals surface area contributed by atoms with E-state index < -0.39 is 0 Å². The van der Waals surface area contributed by atoms with E-state index in [1.807, 2.05) is 39.0 Å². The normalized spacial score (nSPS) is 17.1. The lowest BCUT2D eigenvalue weighted by atomic mass is 10.1. The molecule has 0 unspecified atom stereocenters. The zero-order chi connectivity index (χ0) is 11.0. The third-order valence-electron chi connectivity index (χ3n) is 2.28. The van der Waals surface area contributed by atoms with E-state index in [1.54, 1.807) is 0 Å². The number of aliphatic imine (C=N–C) groups is 1. The van der Waals surface area contributed by atoms with Crippen molar-refractivity contribution in [3.05, 3.63) is 29.3 Å². The standard InChI is InChI=1S/C12H14N2O/c1-7(2)13-11-9-6-8(3)4-5-10(9)14-12(11)15/h4-7H,1-3H3,(H,13,14,15). The predicted octanol–water partition coefficient (Wildman–Crippen LogP) is 2.14. The Morgan fingerprint density at radius 3 is 2.73 bits per heavy atom. The van der Waals surface area contributed by atoms with Gasteiger partial charge in [0, 0.05) is 11.6 Å². The molecule has 3 nitrogen and oxygen atoms in total. The summed E-state index contributed by atoms with van der Waals surface area (Å²) in [5.74, 6) is -0.0932. The minimum atomic E-state index is -0.0932. The number of hydrogen-bond acceptors (Lipinski definition) is 2. The molecule has 1 heterocycles. The number of aryl methyl sites for hydroxylation is 1. The SMILES string of the molecule is Cc1ccc2c(c1)C(=NC(C)C)C(=O)N2. The Bertz CT molecular complexity index is 447. The third kappa shape index (κ3) is 1.77. The van der Waals surface area contributed by atoms with E-state index >= 15 is 0 Å². The van der Waals surface area contributed by atoms with Gasteiger partial charge in [0.1, 0.15) is 5.71 Å². The monoisotopic (exact) mass is 202 g/mol. The van der Waals surface area contributed by atoms with Crippen LogP contribution in [0.4, 0.5) is 5.69 Å². The Morgan fingerprint density at radius 2 is 2.07 bits per heavy atom. The van der Waals surface area contributed by atoms with Crippen molar-refractivity contribution >= 4 is 17.3 Å². The fourth-order valence-electron chi connectivity index (χ4n) is 1.65. The molecule has 0 aromatic heterocycles. The lowest BCUT2D eigenvalue weighted by Gasteiger charge is -2.01. The van der Waals surface area contributed by atoms with E-state index in [1.165, 1.54) is 0 Å². The second-order valence-electron chi connectivity index (χ2n) is 4.07. The molecule has 0 fully saturated rings. The summed E-state index contributed by atoms with van der Waals surface area (Å²) in [5, 5.41) is 2.81. The molecule has 15 heavy (non-hydrogen) atoms. The summed E-state index contributed by atoms with van der Waals surface area (Å²) in [7, 11) is 0. The number of fused-ring (bicyclic) bond motifs is 1. The number of rotatable bonds is 1. The van der Waals surface area contributed by atoms with Crippen LogP contribution in [0.2, 0.25) is 0 Å². The van der Waals surface area contributed by atoms with Gasteiger partial charge in [0.15, 0.2) is 0 Å². The van der Waals surface area contributed by atoms with Crippen molar-refractivity contribution in [2.24, 2.45) is 4.99 Å². The number of carbonyl (C=O) groups excluding carboxylic acids is 1. The lowest BCUT2D eigenvalue weighted by molar-refractivity contribution is -0.110. The first-order chi connectivity index (χ1) is 7.08. The van der Waals surface area contributed by atoms with E-state index in [9.17, 15) is 4.79 Å². The summed E-state index contributed by atoms with van der Waals surface area (Å²) in [6.07, 6.45) is 0. The first kappa shape index (κ1) is 9.90. The largest absolute Gasteiger partial charge is 0.320 e. The van der Waals surface area contributed by atoms with E-state index in [-0.39, 0.29) is 11.9 Å². The van der Waals surface area contributed by atoms with Crippen LogP contribution in [0.15, 0.2) is 23.2 Å². The minimum Gasteiger partial charge on any atom is -0.320 e. The number of benzene rings is 1. The van der Waals surface area contributed by atoms with Gasteiger partial charge < -0.3 is 5.32 Å². The topological polar surface area (TPSA) is 41.5 Å². The van der Waals surface area contributed by atoms with Gasteiger partial charge in [-0.3, -0.25) is 9.79 Å². The summed E-state index contributed by atoms with van der Waals surface area (Å²) >= 11 is 0. The molecule has 78 valence electrons. The van der Waals surface area contributed by atoms with Gasteiger partial charge in [-0.1, -0.05) is 11.6 Å². The second-order valence-corrected chi connectivity index (χ2v) is 4.07. The van der Waals surface area contributed by atoms with Crippen LogP contribution in [-0.2, 0) is 4.79 Å². The van der Waals surface area contributed by atoms with Gasteiger partial charge in [0.05, 0.1) is 5.69 Å². The molecule has 2 rings (SSSR count). The highest BCUT2D eigenvalue weighted by Gasteiger charge is 2.25. The molecule has 1 aliphatic rings. The van der Waals surface area contributed by atoms with E-state index in [0.717, 1.165) is 16.8 Å². The quantitative estimate of drug-likeness (QED) is 0.744. The van der Waals surface area contributed by atoms with Crippen LogP contribution in [-0.4, -0.2) is 17.7 Å². The lowest BCUT2D eigenvalue weighted by Crippen LogP contribution is -2.16. The summed E-state index contributed by atoms with van der Waals surface area (Å²) in [5.41, 5.74) is 3.49. The zero-order valence-electron chi connectivity index (χ0n) is 9.16. The van der Waals surface area contributed by atoms with E-state index in [4.69, 9.17) is 0 Å². The van der Waals surface area contributed by atoms with Crippen molar-refractivity contribution in [3.8, 4) is 0 Å². The molecule has 1 aliphatic heterocycles.